The summed E-state index contributed by atoms with van der Waals surface area (Å²) in [6.07, 6.45) is -4.04. The van der Waals surface area contributed by atoms with Gasteiger partial charge in [-0.2, -0.15) is 18.3 Å². The van der Waals surface area contributed by atoms with Crippen LogP contribution in [-0.4, -0.2) is 26.5 Å². The number of rotatable bonds is 9. The summed E-state index contributed by atoms with van der Waals surface area (Å²) in [5.41, 5.74) is 4.46. The Morgan fingerprint density at radius 1 is 0.886 bits per heavy atom. The summed E-state index contributed by atoms with van der Waals surface area (Å²) < 4.78 is 97.9. The number of benzene rings is 3. The molecule has 13 heteroatoms. The minimum absolute atomic E-state index is 0.125. The van der Waals surface area contributed by atoms with Crippen LogP contribution in [0.15, 0.2) is 72.9 Å². The topological polar surface area (TPSA) is 90.9 Å². The highest BCUT2D eigenvalue weighted by Gasteiger charge is 2.37. The van der Waals surface area contributed by atoms with Gasteiger partial charge in [0.2, 0.25) is 0 Å². The van der Waals surface area contributed by atoms with Gasteiger partial charge in [-0.3, -0.25) is 19.3 Å². The molecule has 226 valence electrons. The first kappa shape index (κ1) is 30.4. The van der Waals surface area contributed by atoms with Crippen molar-refractivity contribution in [1.29, 1.82) is 0 Å². The van der Waals surface area contributed by atoms with Crippen LogP contribution in [0.1, 0.15) is 39.6 Å². The second kappa shape index (κ2) is 11.9. The summed E-state index contributed by atoms with van der Waals surface area (Å²) in [5, 5.41) is 3.02. The van der Waals surface area contributed by atoms with Crippen molar-refractivity contribution in [3.8, 4) is 11.1 Å². The molecular weight excluding hydrogens is 593 g/mol. The highest BCUT2D eigenvalue weighted by Crippen LogP contribution is 2.36. The maximum Gasteiger partial charge on any atom is 0.435 e. The summed E-state index contributed by atoms with van der Waals surface area (Å²) in [4.78, 5) is 29.6. The van der Waals surface area contributed by atoms with E-state index in [2.05, 4.69) is 10.1 Å². The lowest BCUT2D eigenvalue weighted by Crippen LogP contribution is -2.18. The second-order valence-electron chi connectivity index (χ2n) is 10.1. The molecule has 3 aromatic carbocycles. The third-order valence-electron chi connectivity index (χ3n) is 6.95. The van der Waals surface area contributed by atoms with Crippen LogP contribution in [0, 0.1) is 23.3 Å². The van der Waals surface area contributed by atoms with Crippen LogP contribution in [0.25, 0.3) is 22.0 Å². The van der Waals surface area contributed by atoms with Gasteiger partial charge >= 0.3 is 6.18 Å². The number of halogens is 7. The molecule has 44 heavy (non-hydrogen) atoms. The van der Waals surface area contributed by atoms with Crippen LogP contribution in [-0.2, 0) is 23.9 Å². The average molecular weight is 615 g/mol. The third-order valence-corrected chi connectivity index (χ3v) is 6.95. The smallest absolute Gasteiger partial charge is 0.366 e. The van der Waals surface area contributed by atoms with Gasteiger partial charge in [0.05, 0.1) is 16.8 Å². The molecular formula is C31H21F7N4O2. The molecule has 0 spiro atoms. The zero-order valence-corrected chi connectivity index (χ0v) is 22.5. The van der Waals surface area contributed by atoms with E-state index in [9.17, 15) is 40.3 Å². The van der Waals surface area contributed by atoms with Crippen molar-refractivity contribution >= 4 is 22.6 Å². The van der Waals surface area contributed by atoms with Gasteiger partial charge in [-0.05, 0) is 66.1 Å². The van der Waals surface area contributed by atoms with E-state index in [1.165, 1.54) is 18.3 Å². The number of primary amides is 1. The van der Waals surface area contributed by atoms with E-state index < -0.39 is 70.2 Å². The van der Waals surface area contributed by atoms with Crippen molar-refractivity contribution in [3.05, 3.63) is 119 Å². The van der Waals surface area contributed by atoms with Gasteiger partial charge in [0.15, 0.2) is 11.5 Å². The summed E-state index contributed by atoms with van der Waals surface area (Å²) >= 11 is 0. The molecule has 5 rings (SSSR count). The second-order valence-corrected chi connectivity index (χ2v) is 10.1. The Bertz CT molecular complexity index is 1880. The highest BCUT2D eigenvalue weighted by atomic mass is 19.4. The quantitative estimate of drug-likeness (QED) is 0.186. The summed E-state index contributed by atoms with van der Waals surface area (Å²) in [5.74, 6) is -6.07. The van der Waals surface area contributed by atoms with Crippen LogP contribution >= 0.6 is 0 Å². The van der Waals surface area contributed by atoms with E-state index in [1.807, 2.05) is 0 Å². The van der Waals surface area contributed by atoms with Gasteiger partial charge < -0.3 is 5.73 Å². The first-order chi connectivity index (χ1) is 20.8. The van der Waals surface area contributed by atoms with E-state index in [0.29, 0.717) is 23.3 Å². The Balaban J connectivity index is 1.55. The van der Waals surface area contributed by atoms with Crippen molar-refractivity contribution < 1.29 is 40.3 Å². The van der Waals surface area contributed by atoms with Gasteiger partial charge in [0, 0.05) is 35.6 Å². The number of alkyl halides is 3. The van der Waals surface area contributed by atoms with E-state index in [0.717, 1.165) is 35.0 Å². The number of aromatic nitrogens is 3. The number of nitrogens with two attached hydrogens (primary N) is 1. The molecule has 0 radical (unpaired) electrons. The predicted molar refractivity (Wildman–Crippen MR) is 145 cm³/mol. The molecule has 5 aromatic rings. The Morgan fingerprint density at radius 3 is 2.30 bits per heavy atom. The molecule has 2 aromatic heterocycles. The van der Waals surface area contributed by atoms with Gasteiger partial charge in [-0.25, -0.2) is 17.6 Å². The number of nitrogens with zero attached hydrogens (tertiary/aromatic N) is 3. The number of ketones is 1. The van der Waals surface area contributed by atoms with Crippen molar-refractivity contribution in [3.63, 3.8) is 0 Å². The maximum atomic E-state index is 14.2. The van der Waals surface area contributed by atoms with Gasteiger partial charge in [0.25, 0.3) is 5.91 Å². The fraction of sp³-hybridized carbons (Fsp3) is 0.161. The first-order valence-electron chi connectivity index (χ1n) is 13.0. The zero-order valence-electron chi connectivity index (χ0n) is 22.5. The van der Waals surface area contributed by atoms with Crippen molar-refractivity contribution in [1.82, 2.24) is 14.8 Å². The van der Waals surface area contributed by atoms with Crippen molar-refractivity contribution in [2.24, 2.45) is 5.73 Å². The molecule has 2 N–H and O–H groups in total. The van der Waals surface area contributed by atoms with Crippen LogP contribution in [0.2, 0.25) is 0 Å². The van der Waals surface area contributed by atoms with Crippen LogP contribution in [0.3, 0.4) is 0 Å². The summed E-state index contributed by atoms with van der Waals surface area (Å²) in [7, 11) is 0. The average Bonchev–Trinajstić information content (AvgIpc) is 3.30. The molecule has 1 amide bonds. The van der Waals surface area contributed by atoms with E-state index in [4.69, 9.17) is 5.73 Å². The molecule has 2 heterocycles. The molecule has 0 saturated heterocycles. The standard InChI is InChI=1S/C31H21F7N4O2/c32-19-4-6-27-25(14-19)29(31(36,37)38)41-42(27)15-22(43)11-18(8-16-9-20(33)13-21(34)10-16)28-23(2-1-7-40-28)17-3-5-26(35)24(12-17)30(39)44/h1-7,9-10,12-14,18H,8,11,15H2,(H2,39,44)/t18-/m1/s1. The highest BCUT2D eigenvalue weighted by molar-refractivity contribution is 5.94. The molecule has 0 aliphatic carbocycles. The summed E-state index contributed by atoms with van der Waals surface area (Å²) in [6.45, 7) is -0.642. The van der Waals surface area contributed by atoms with Crippen molar-refractivity contribution in [2.75, 3.05) is 0 Å². The Hall–Kier alpha value is -5.07. The molecule has 0 unspecified atom stereocenters. The third kappa shape index (κ3) is 6.46. The minimum Gasteiger partial charge on any atom is -0.366 e. The van der Waals surface area contributed by atoms with Crippen LogP contribution in [0.5, 0.6) is 0 Å². The monoisotopic (exact) mass is 614 g/mol. The number of carbonyl (C=O) groups is 2. The molecule has 0 saturated carbocycles. The molecule has 0 fully saturated rings. The van der Waals surface area contributed by atoms with Crippen LogP contribution < -0.4 is 5.73 Å². The fourth-order valence-electron chi connectivity index (χ4n) is 5.14. The van der Waals surface area contributed by atoms with Gasteiger partial charge in [0.1, 0.15) is 29.8 Å². The number of carbonyl (C=O) groups excluding carboxylic acids is 2. The lowest BCUT2D eigenvalue weighted by molar-refractivity contribution is -0.140. The van der Waals surface area contributed by atoms with Gasteiger partial charge in [-0.15, -0.1) is 0 Å². The molecule has 1 atom stereocenters. The maximum absolute atomic E-state index is 14.2. The van der Waals surface area contributed by atoms with Crippen molar-refractivity contribution in [2.45, 2.75) is 31.5 Å². The van der Waals surface area contributed by atoms with Crippen LogP contribution in [0.4, 0.5) is 30.7 Å². The SMILES string of the molecule is NC(=O)c1cc(-c2cccnc2[C@@H](CC(=O)Cn2nc(C(F)(F)F)c3cc(F)ccc32)Cc2cc(F)cc(F)c2)ccc1F. The van der Waals surface area contributed by atoms with E-state index in [-0.39, 0.29) is 29.6 Å². The molecule has 6 nitrogen and oxygen atoms in total. The first-order valence-corrected chi connectivity index (χ1v) is 13.0. The predicted octanol–water partition coefficient (Wildman–Crippen LogP) is 6.76. The molecule has 0 aliphatic heterocycles. The molecule has 0 bridgehead atoms. The lowest BCUT2D eigenvalue weighted by atomic mass is 9.86. The largest absolute Gasteiger partial charge is 0.435 e. The number of amides is 1. The number of hydrogen-bond donors (Lipinski definition) is 1. The summed E-state index contributed by atoms with van der Waals surface area (Å²) in [6, 6.07) is 12.2. The van der Waals surface area contributed by atoms with E-state index in [1.54, 1.807) is 12.1 Å². The Labute approximate surface area is 244 Å². The van der Waals surface area contributed by atoms with E-state index >= 15 is 0 Å². The Morgan fingerprint density at radius 2 is 1.61 bits per heavy atom. The molecule has 0 aliphatic rings. The lowest BCUT2D eigenvalue weighted by Gasteiger charge is -2.20. The van der Waals surface area contributed by atoms with Gasteiger partial charge in [-0.1, -0.05) is 12.1 Å². The minimum atomic E-state index is -4.92. The number of fused-ring (bicyclic) bond motifs is 1. The number of Topliss-reactive ketones (excluding diaryl/α,β-unsaturated/α-hetero) is 1. The number of hydrogen-bond acceptors (Lipinski definition) is 4. The fourth-order valence-corrected chi connectivity index (χ4v) is 5.14. The number of pyridine rings is 1. The zero-order chi connectivity index (χ0) is 31.8. The normalized spacial score (nSPS) is 12.4. The Kier molecular flexibility index (Phi) is 8.22.